The van der Waals surface area contributed by atoms with E-state index < -0.39 is 4.96 Å². The van der Waals surface area contributed by atoms with E-state index in [1.54, 1.807) is 0 Å². The smallest absolute Gasteiger partial charge is 0.150 e. The van der Waals surface area contributed by atoms with Crippen LogP contribution < -0.4 is 0 Å². The normalized spacial score (nSPS) is 5.40. The van der Waals surface area contributed by atoms with Crippen molar-refractivity contribution in [2.24, 2.45) is 0 Å². The Morgan fingerprint density at radius 3 is 1.00 bits per heavy atom. The van der Waals surface area contributed by atoms with Gasteiger partial charge in [0, 0.05) is 7.43 Å². The molecule has 0 N–H and O–H groups in total. The molecule has 0 heterocycles. The molecule has 0 bridgehead atoms. The number of hydrogen-bond donors (Lipinski definition) is 0. The van der Waals surface area contributed by atoms with Gasteiger partial charge in [-0.2, -0.15) is 34.4 Å². The molecule has 0 aromatic heterocycles. The standard InChI is InChI=1S/C.BCl3/c;2-1(3)4. The topological polar surface area (TPSA) is 0 Å². The molecule has 0 aliphatic rings. The molecule has 0 aliphatic carbocycles. The van der Waals surface area contributed by atoms with Crippen molar-refractivity contribution >= 4 is 39.3 Å². The lowest BCUT2D eigenvalue weighted by molar-refractivity contribution is 3.24. The second-order valence-electron chi connectivity index (χ2n) is 0.247. The van der Waals surface area contributed by atoms with E-state index >= 15 is 0 Å². The van der Waals surface area contributed by atoms with Gasteiger partial charge in [-0.3, -0.25) is 0 Å². The maximum Gasteiger partial charge on any atom is 0.450 e. The zero-order valence-electron chi connectivity index (χ0n) is 2.21. The van der Waals surface area contributed by atoms with Crippen molar-refractivity contribution in [1.29, 1.82) is 0 Å². The third kappa shape index (κ3) is 48.6. The zero-order chi connectivity index (χ0) is 3.58. The molecule has 0 rings (SSSR count). The van der Waals surface area contributed by atoms with Crippen molar-refractivity contribution in [1.82, 2.24) is 0 Å². The number of hydrogen-bond acceptors (Lipinski definition) is 0. The molecule has 4 radical (unpaired) electrons. The molecule has 0 amide bonds. The SMILES string of the molecule is ClB(Cl)Cl.[C]. The minimum Gasteiger partial charge on any atom is -0.150 e. The summed E-state index contributed by atoms with van der Waals surface area (Å²) in [6, 6.07) is 0. The third-order valence-electron chi connectivity index (χ3n) is 0. The van der Waals surface area contributed by atoms with Gasteiger partial charge in [-0.25, -0.2) is 0 Å². The first-order chi connectivity index (χ1) is 1.73. The quantitative estimate of drug-likeness (QED) is 0.437. The molecule has 0 aromatic carbocycles. The van der Waals surface area contributed by atoms with Gasteiger partial charge in [-0.15, -0.1) is 0 Å². The first-order valence-electron chi connectivity index (χ1n) is 0.655. The maximum absolute atomic E-state index is 4.81. The Balaban J connectivity index is 0. The van der Waals surface area contributed by atoms with Crippen LogP contribution in [0.4, 0.5) is 0 Å². The van der Waals surface area contributed by atoms with Crippen molar-refractivity contribution in [3.05, 3.63) is 7.43 Å². The van der Waals surface area contributed by atoms with Crippen LogP contribution in [0.15, 0.2) is 0 Å². The van der Waals surface area contributed by atoms with E-state index in [4.69, 9.17) is 34.4 Å². The van der Waals surface area contributed by atoms with E-state index in [1.807, 2.05) is 0 Å². The van der Waals surface area contributed by atoms with Crippen LogP contribution in [0.25, 0.3) is 0 Å². The summed E-state index contributed by atoms with van der Waals surface area (Å²) >= 11 is 14.4. The minimum absolute atomic E-state index is 0. The Bertz CT molecular complexity index is 11.6. The van der Waals surface area contributed by atoms with Crippen LogP contribution in [-0.4, -0.2) is 4.96 Å². The molecular weight excluding hydrogens is 129 g/mol. The third-order valence-corrected chi connectivity index (χ3v) is 0. The van der Waals surface area contributed by atoms with Crippen LogP contribution in [0.3, 0.4) is 0 Å². The molecule has 0 atom stereocenters. The summed E-state index contributed by atoms with van der Waals surface area (Å²) in [5.74, 6) is 0. The Kier molecular flexibility index (Phi) is 9.21. The van der Waals surface area contributed by atoms with Crippen molar-refractivity contribution in [3.63, 3.8) is 0 Å². The highest BCUT2D eigenvalue weighted by Gasteiger charge is 1.91. The first kappa shape index (κ1) is 9.33. The molecule has 5 heavy (non-hydrogen) atoms. The van der Waals surface area contributed by atoms with Gasteiger partial charge >= 0.3 is 4.96 Å². The van der Waals surface area contributed by atoms with E-state index in [9.17, 15) is 0 Å². The highest BCUT2D eigenvalue weighted by molar-refractivity contribution is 7.54. The lowest BCUT2D eigenvalue weighted by Crippen LogP contribution is -1.66. The van der Waals surface area contributed by atoms with Crippen LogP contribution in [0.2, 0.25) is 0 Å². The average molecular weight is 129 g/mol. The molecule has 0 aliphatic heterocycles. The first-order valence-corrected chi connectivity index (χ1v) is 1.96. The number of rotatable bonds is 0. The number of halogens is 3. The van der Waals surface area contributed by atoms with Gasteiger partial charge in [0.15, 0.2) is 0 Å². The van der Waals surface area contributed by atoms with E-state index in [2.05, 4.69) is 0 Å². The van der Waals surface area contributed by atoms with Gasteiger partial charge in [0.1, 0.15) is 0 Å². The molecule has 0 nitrogen and oxygen atoms in total. The van der Waals surface area contributed by atoms with E-state index in [-0.39, 0.29) is 7.43 Å². The molecule has 0 unspecified atom stereocenters. The molecule has 28 valence electrons. The Morgan fingerprint density at radius 2 is 1.00 bits per heavy atom. The van der Waals surface area contributed by atoms with E-state index in [0.717, 1.165) is 0 Å². The van der Waals surface area contributed by atoms with Crippen molar-refractivity contribution in [3.8, 4) is 0 Å². The fraction of sp³-hybridized carbons (Fsp3) is 0. The second-order valence-corrected chi connectivity index (χ2v) is 2.23. The lowest BCUT2D eigenvalue weighted by atomic mass is 10.7. The van der Waals surface area contributed by atoms with Gasteiger partial charge in [-0.1, -0.05) is 0 Å². The molecule has 0 fully saturated rings. The summed E-state index contributed by atoms with van der Waals surface area (Å²) in [5, 5.41) is 0. The predicted molar refractivity (Wildman–Crippen MR) is 26.6 cm³/mol. The van der Waals surface area contributed by atoms with Gasteiger partial charge in [0.25, 0.3) is 0 Å². The molecule has 0 spiro atoms. The zero-order valence-corrected chi connectivity index (χ0v) is 4.48. The van der Waals surface area contributed by atoms with E-state index in [1.165, 1.54) is 0 Å². The summed E-state index contributed by atoms with van der Waals surface area (Å²) in [6.07, 6.45) is 0. The Labute approximate surface area is 47.2 Å². The summed E-state index contributed by atoms with van der Waals surface area (Å²) < 4.78 is 0. The monoisotopic (exact) mass is 128 g/mol. The highest BCUT2D eigenvalue weighted by atomic mass is 35.6. The molecule has 0 saturated heterocycles. The summed E-state index contributed by atoms with van der Waals surface area (Å²) in [4.78, 5) is -0.750. The molecule has 4 heteroatoms. The van der Waals surface area contributed by atoms with Gasteiger partial charge in [0.2, 0.25) is 0 Å². The van der Waals surface area contributed by atoms with Crippen molar-refractivity contribution in [2.45, 2.75) is 0 Å². The van der Waals surface area contributed by atoms with Crippen LogP contribution in [0.1, 0.15) is 0 Å². The van der Waals surface area contributed by atoms with Crippen LogP contribution in [0, 0.1) is 7.43 Å². The second kappa shape index (κ2) is 4.93. The largest absolute Gasteiger partial charge is 0.450 e. The van der Waals surface area contributed by atoms with Crippen molar-refractivity contribution < 1.29 is 0 Å². The molecule has 0 aromatic rings. The highest BCUT2D eigenvalue weighted by Crippen LogP contribution is 1.97. The van der Waals surface area contributed by atoms with E-state index in [0.29, 0.717) is 0 Å². The van der Waals surface area contributed by atoms with Gasteiger partial charge in [0.05, 0.1) is 0 Å². The summed E-state index contributed by atoms with van der Waals surface area (Å²) in [5.41, 5.74) is 0. The fourth-order valence-electron chi connectivity index (χ4n) is 0. The summed E-state index contributed by atoms with van der Waals surface area (Å²) in [6.45, 7) is 0. The lowest BCUT2D eigenvalue weighted by Gasteiger charge is -1.61. The fourth-order valence-corrected chi connectivity index (χ4v) is 0. The average Bonchev–Trinajstić information content (AvgIpc) is 0.811. The van der Waals surface area contributed by atoms with Gasteiger partial charge in [-0.05, 0) is 0 Å². The maximum atomic E-state index is 4.81. The Morgan fingerprint density at radius 1 is 1.00 bits per heavy atom. The Hall–Kier alpha value is 0.935. The molecule has 0 saturated carbocycles. The molecular formula is CBCl3. The predicted octanol–water partition coefficient (Wildman–Crippen LogP) is 1.77. The van der Waals surface area contributed by atoms with Crippen LogP contribution in [-0.2, 0) is 0 Å². The van der Waals surface area contributed by atoms with Crippen LogP contribution >= 0.6 is 34.4 Å². The minimum atomic E-state index is -0.750. The summed E-state index contributed by atoms with van der Waals surface area (Å²) in [7, 11) is 0. The van der Waals surface area contributed by atoms with Gasteiger partial charge < -0.3 is 0 Å². The van der Waals surface area contributed by atoms with Crippen LogP contribution in [0.5, 0.6) is 0 Å². The van der Waals surface area contributed by atoms with Crippen molar-refractivity contribution in [2.75, 3.05) is 0 Å².